The summed E-state index contributed by atoms with van der Waals surface area (Å²) in [6.07, 6.45) is 0. The predicted octanol–water partition coefficient (Wildman–Crippen LogP) is 4.28. The highest BCUT2D eigenvalue weighted by Gasteiger charge is 2.24. The van der Waals surface area contributed by atoms with Gasteiger partial charge in [-0.15, -0.1) is 0 Å². The van der Waals surface area contributed by atoms with Crippen LogP contribution < -0.4 is 15.5 Å². The van der Waals surface area contributed by atoms with Crippen LogP contribution in [-0.4, -0.2) is 28.7 Å². The molecule has 2 N–H and O–H groups in total. The van der Waals surface area contributed by atoms with E-state index in [1.807, 2.05) is 0 Å². The highest BCUT2D eigenvalue weighted by molar-refractivity contribution is 6.30. The van der Waals surface area contributed by atoms with Crippen molar-refractivity contribution < 1.29 is 19.4 Å². The van der Waals surface area contributed by atoms with Gasteiger partial charge in [0.2, 0.25) is 0 Å². The van der Waals surface area contributed by atoms with Crippen LogP contribution in [-0.2, 0) is 6.54 Å². The zero-order chi connectivity index (χ0) is 23.5. The lowest BCUT2D eigenvalue weighted by Gasteiger charge is -2.19. The SMILES string of the molecule is COc1ccc2c(=O)c(CNC(=O)c3cccc(Cl)c3)c(C(=O)O)n(-c3ccccc3)c2c1. The number of fused-ring (bicyclic) bond motifs is 1. The Hall–Kier alpha value is -4.10. The monoisotopic (exact) mass is 462 g/mol. The van der Waals surface area contributed by atoms with E-state index in [4.69, 9.17) is 16.3 Å². The first-order valence-electron chi connectivity index (χ1n) is 9.99. The number of hydrogen-bond acceptors (Lipinski definition) is 4. The third-order valence-corrected chi connectivity index (χ3v) is 5.44. The Kier molecular flexibility index (Phi) is 6.15. The first kappa shape index (κ1) is 22.1. The fraction of sp³-hybridized carbons (Fsp3) is 0.0800. The molecule has 0 bridgehead atoms. The third-order valence-electron chi connectivity index (χ3n) is 5.20. The van der Waals surface area contributed by atoms with Crippen molar-refractivity contribution in [1.82, 2.24) is 9.88 Å². The fourth-order valence-corrected chi connectivity index (χ4v) is 3.87. The number of para-hydroxylation sites is 1. The molecule has 33 heavy (non-hydrogen) atoms. The molecule has 3 aromatic carbocycles. The van der Waals surface area contributed by atoms with Crippen LogP contribution in [0.25, 0.3) is 16.6 Å². The molecule has 0 unspecified atom stereocenters. The molecule has 7 nitrogen and oxygen atoms in total. The molecule has 1 heterocycles. The number of carbonyl (C=O) groups excluding carboxylic acids is 1. The molecule has 0 saturated carbocycles. The second kappa shape index (κ2) is 9.18. The van der Waals surface area contributed by atoms with Crippen molar-refractivity contribution in [1.29, 1.82) is 0 Å². The Morgan fingerprint density at radius 2 is 1.79 bits per heavy atom. The quantitative estimate of drug-likeness (QED) is 0.445. The number of nitrogens with one attached hydrogen (secondary N) is 1. The zero-order valence-corrected chi connectivity index (χ0v) is 18.3. The van der Waals surface area contributed by atoms with Gasteiger partial charge in [0.15, 0.2) is 5.43 Å². The van der Waals surface area contributed by atoms with E-state index >= 15 is 0 Å². The molecule has 0 spiro atoms. The first-order chi connectivity index (χ1) is 15.9. The van der Waals surface area contributed by atoms with Crippen molar-refractivity contribution in [3.63, 3.8) is 0 Å². The molecular formula is C25H19ClN2O5. The predicted molar refractivity (Wildman–Crippen MR) is 126 cm³/mol. The van der Waals surface area contributed by atoms with Crippen LogP contribution in [0.15, 0.2) is 77.6 Å². The van der Waals surface area contributed by atoms with Gasteiger partial charge < -0.3 is 19.7 Å². The average molecular weight is 463 g/mol. The summed E-state index contributed by atoms with van der Waals surface area (Å²) in [7, 11) is 1.49. The maximum Gasteiger partial charge on any atom is 0.353 e. The lowest BCUT2D eigenvalue weighted by molar-refractivity contribution is 0.0685. The molecule has 0 aliphatic rings. The van der Waals surface area contributed by atoms with Gasteiger partial charge in [0.05, 0.1) is 18.2 Å². The van der Waals surface area contributed by atoms with Gasteiger partial charge in [0.25, 0.3) is 5.91 Å². The number of halogens is 1. The van der Waals surface area contributed by atoms with E-state index in [2.05, 4.69) is 5.32 Å². The van der Waals surface area contributed by atoms with Crippen LogP contribution in [0.1, 0.15) is 26.4 Å². The van der Waals surface area contributed by atoms with Crippen LogP contribution in [0, 0.1) is 0 Å². The molecule has 0 atom stereocenters. The topological polar surface area (TPSA) is 97.6 Å². The summed E-state index contributed by atoms with van der Waals surface area (Å²) in [6.45, 7) is -0.277. The summed E-state index contributed by atoms with van der Waals surface area (Å²) in [6, 6.07) is 20.0. The lowest BCUT2D eigenvalue weighted by Crippen LogP contribution is -2.30. The Morgan fingerprint density at radius 3 is 2.45 bits per heavy atom. The van der Waals surface area contributed by atoms with E-state index in [0.29, 0.717) is 32.9 Å². The van der Waals surface area contributed by atoms with Gasteiger partial charge in [-0.3, -0.25) is 9.59 Å². The fourth-order valence-electron chi connectivity index (χ4n) is 3.68. The molecule has 0 fully saturated rings. The number of hydrogen-bond donors (Lipinski definition) is 2. The van der Waals surface area contributed by atoms with E-state index in [1.54, 1.807) is 66.7 Å². The minimum atomic E-state index is -1.30. The van der Waals surface area contributed by atoms with Gasteiger partial charge in [-0.2, -0.15) is 0 Å². The third kappa shape index (κ3) is 4.31. The minimum absolute atomic E-state index is 0.0422. The van der Waals surface area contributed by atoms with Gasteiger partial charge in [-0.1, -0.05) is 35.9 Å². The largest absolute Gasteiger partial charge is 0.497 e. The van der Waals surface area contributed by atoms with Crippen molar-refractivity contribution in [2.45, 2.75) is 6.54 Å². The van der Waals surface area contributed by atoms with E-state index in [1.165, 1.54) is 17.7 Å². The van der Waals surface area contributed by atoms with E-state index in [0.717, 1.165) is 0 Å². The Balaban J connectivity index is 1.91. The number of carboxylic acids is 1. The second-order valence-corrected chi connectivity index (χ2v) is 7.64. The van der Waals surface area contributed by atoms with Crippen LogP contribution >= 0.6 is 11.6 Å². The van der Waals surface area contributed by atoms with Gasteiger partial charge >= 0.3 is 5.97 Å². The molecule has 4 aromatic rings. The number of aromatic nitrogens is 1. The van der Waals surface area contributed by atoms with Crippen molar-refractivity contribution in [2.75, 3.05) is 7.11 Å². The normalized spacial score (nSPS) is 10.7. The molecule has 8 heteroatoms. The van der Waals surface area contributed by atoms with Gasteiger partial charge in [0, 0.05) is 34.3 Å². The molecule has 166 valence electrons. The maximum absolute atomic E-state index is 13.4. The number of benzene rings is 3. The number of carbonyl (C=O) groups is 2. The number of nitrogens with zero attached hydrogens (tertiary/aromatic N) is 1. The van der Waals surface area contributed by atoms with Gasteiger partial charge in [-0.25, -0.2) is 4.79 Å². The summed E-state index contributed by atoms with van der Waals surface area (Å²) in [4.78, 5) is 38.4. The molecule has 0 saturated heterocycles. The summed E-state index contributed by atoms with van der Waals surface area (Å²) in [5, 5.41) is 13.5. The van der Waals surface area contributed by atoms with Gasteiger partial charge in [0.1, 0.15) is 11.4 Å². The highest BCUT2D eigenvalue weighted by Crippen LogP contribution is 2.26. The number of aromatic carboxylic acids is 1. The number of rotatable bonds is 6. The number of pyridine rings is 1. The van der Waals surface area contributed by atoms with Crippen molar-refractivity contribution in [3.05, 3.63) is 105 Å². The van der Waals surface area contributed by atoms with Crippen molar-refractivity contribution >= 4 is 34.4 Å². The summed E-state index contributed by atoms with van der Waals surface area (Å²) >= 11 is 5.96. The zero-order valence-electron chi connectivity index (χ0n) is 17.5. The number of amides is 1. The number of carboxylic acid groups (broad SMARTS) is 1. The summed E-state index contributed by atoms with van der Waals surface area (Å²) in [5.41, 5.74) is 0.470. The maximum atomic E-state index is 13.4. The highest BCUT2D eigenvalue weighted by atomic mass is 35.5. The average Bonchev–Trinajstić information content (AvgIpc) is 2.83. The van der Waals surface area contributed by atoms with Crippen LogP contribution in [0.4, 0.5) is 0 Å². The molecule has 1 amide bonds. The summed E-state index contributed by atoms with van der Waals surface area (Å²) in [5.74, 6) is -1.30. The molecule has 1 aromatic heterocycles. The van der Waals surface area contributed by atoms with E-state index in [9.17, 15) is 19.5 Å². The van der Waals surface area contributed by atoms with Crippen LogP contribution in [0.3, 0.4) is 0 Å². The first-order valence-corrected chi connectivity index (χ1v) is 10.4. The van der Waals surface area contributed by atoms with Crippen molar-refractivity contribution in [2.24, 2.45) is 0 Å². The molecule has 0 aliphatic heterocycles. The van der Waals surface area contributed by atoms with Crippen LogP contribution in [0.5, 0.6) is 5.75 Å². The van der Waals surface area contributed by atoms with Crippen LogP contribution in [0.2, 0.25) is 5.02 Å². The lowest BCUT2D eigenvalue weighted by atomic mass is 10.1. The number of methoxy groups -OCH3 is 1. The standard InChI is InChI=1S/C25H19ClN2O5/c1-33-18-10-11-19-21(13-18)28(17-8-3-2-4-9-17)22(25(31)32)20(23(19)29)14-27-24(30)15-6-5-7-16(26)12-15/h2-13H,14H2,1H3,(H,27,30)(H,31,32). The minimum Gasteiger partial charge on any atom is -0.497 e. The second-order valence-electron chi connectivity index (χ2n) is 7.21. The Labute approximate surface area is 193 Å². The summed E-state index contributed by atoms with van der Waals surface area (Å²) < 4.78 is 6.78. The Bertz CT molecular complexity index is 1430. The molecular weight excluding hydrogens is 444 g/mol. The molecule has 0 radical (unpaired) electrons. The van der Waals surface area contributed by atoms with E-state index < -0.39 is 17.3 Å². The molecule has 0 aliphatic carbocycles. The van der Waals surface area contributed by atoms with Gasteiger partial charge in [-0.05, 0) is 42.5 Å². The van der Waals surface area contributed by atoms with Crippen molar-refractivity contribution in [3.8, 4) is 11.4 Å². The smallest absolute Gasteiger partial charge is 0.353 e. The Morgan fingerprint density at radius 1 is 1.03 bits per heavy atom. The van der Waals surface area contributed by atoms with E-state index in [-0.39, 0.29) is 17.8 Å². The molecule has 4 rings (SSSR count). The number of ether oxygens (including phenoxy) is 1.